The molecule has 1 amide bonds. The van der Waals surface area contributed by atoms with E-state index >= 15 is 0 Å². The molecule has 180 valence electrons. The van der Waals surface area contributed by atoms with Crippen LogP contribution in [-0.4, -0.2) is 59.3 Å². The molecule has 2 N–H and O–H groups in total. The van der Waals surface area contributed by atoms with Gasteiger partial charge in [0.1, 0.15) is 11.5 Å². The summed E-state index contributed by atoms with van der Waals surface area (Å²) in [6, 6.07) is 10.5. The Balaban J connectivity index is 1.81. The number of amides is 1. The van der Waals surface area contributed by atoms with Crippen LogP contribution in [0.2, 0.25) is 0 Å². The van der Waals surface area contributed by atoms with Crippen molar-refractivity contribution in [3.8, 4) is 17.2 Å². The number of likely N-dealkylation sites (tertiary alicyclic amines) is 1. The Bertz CT molecular complexity index is 1090. The Morgan fingerprint density at radius 3 is 2.47 bits per heavy atom. The predicted molar refractivity (Wildman–Crippen MR) is 125 cm³/mol. The number of phenols is 1. The number of aromatic hydroxyl groups is 1. The van der Waals surface area contributed by atoms with Crippen LogP contribution < -0.4 is 9.47 Å². The Labute approximate surface area is 198 Å². The van der Waals surface area contributed by atoms with Gasteiger partial charge in [-0.3, -0.25) is 9.59 Å². The average molecular weight is 468 g/mol. The van der Waals surface area contributed by atoms with Crippen LogP contribution in [0.4, 0.5) is 0 Å². The van der Waals surface area contributed by atoms with Crippen molar-refractivity contribution in [3.63, 3.8) is 0 Å². The number of carbonyl (C=O) groups excluding carboxylic acids is 2. The van der Waals surface area contributed by atoms with Crippen molar-refractivity contribution >= 4 is 17.4 Å². The second-order valence-corrected chi connectivity index (χ2v) is 8.20. The number of nitrogens with zero attached hydrogens (tertiary/aromatic N) is 1. The molecule has 2 atom stereocenters. The summed E-state index contributed by atoms with van der Waals surface area (Å²) in [5.74, 6) is -0.905. The van der Waals surface area contributed by atoms with Gasteiger partial charge >= 0.3 is 0 Å². The minimum Gasteiger partial charge on any atom is -0.507 e. The number of ether oxygens (including phenoxy) is 3. The lowest BCUT2D eigenvalue weighted by Gasteiger charge is -2.28. The summed E-state index contributed by atoms with van der Waals surface area (Å²) in [5, 5.41) is 21.4. The molecule has 34 heavy (non-hydrogen) atoms. The lowest BCUT2D eigenvalue weighted by Crippen LogP contribution is -2.36. The number of hydrogen-bond acceptors (Lipinski definition) is 7. The number of phenolic OH excluding ortho intramolecular Hbond substituents is 1. The first-order chi connectivity index (χ1) is 16.4. The van der Waals surface area contributed by atoms with Gasteiger partial charge in [-0.05, 0) is 68.7 Å². The molecule has 0 saturated carbocycles. The molecular weight excluding hydrogens is 438 g/mol. The van der Waals surface area contributed by atoms with Crippen molar-refractivity contribution in [1.29, 1.82) is 0 Å². The van der Waals surface area contributed by atoms with Gasteiger partial charge < -0.3 is 29.3 Å². The number of ketones is 1. The molecule has 0 radical (unpaired) electrons. The fourth-order valence-electron chi connectivity index (χ4n) is 4.43. The van der Waals surface area contributed by atoms with Gasteiger partial charge in [-0.2, -0.15) is 0 Å². The summed E-state index contributed by atoms with van der Waals surface area (Å²) >= 11 is 0. The molecule has 0 aromatic heterocycles. The fourth-order valence-corrected chi connectivity index (χ4v) is 4.43. The van der Waals surface area contributed by atoms with Gasteiger partial charge in [0.15, 0.2) is 11.5 Å². The van der Waals surface area contributed by atoms with E-state index in [4.69, 9.17) is 14.2 Å². The van der Waals surface area contributed by atoms with Crippen LogP contribution in [0.1, 0.15) is 43.9 Å². The second kappa shape index (κ2) is 10.2. The van der Waals surface area contributed by atoms with E-state index in [0.29, 0.717) is 36.7 Å². The first-order valence-corrected chi connectivity index (χ1v) is 11.5. The maximum Gasteiger partial charge on any atom is 0.295 e. The highest BCUT2D eigenvalue weighted by atomic mass is 16.5. The van der Waals surface area contributed by atoms with E-state index in [2.05, 4.69) is 0 Å². The number of rotatable bonds is 8. The molecule has 2 aliphatic rings. The molecular formula is C26H29NO7. The zero-order valence-electron chi connectivity index (χ0n) is 19.3. The molecule has 0 unspecified atom stereocenters. The minimum atomic E-state index is -0.851. The monoisotopic (exact) mass is 467 g/mol. The summed E-state index contributed by atoms with van der Waals surface area (Å²) in [7, 11) is 0. The van der Waals surface area contributed by atoms with Crippen LogP contribution in [0, 0.1) is 0 Å². The van der Waals surface area contributed by atoms with Crippen molar-refractivity contribution in [2.75, 3.05) is 26.4 Å². The highest BCUT2D eigenvalue weighted by Gasteiger charge is 2.47. The van der Waals surface area contributed by atoms with Crippen molar-refractivity contribution in [3.05, 3.63) is 59.2 Å². The summed E-state index contributed by atoms with van der Waals surface area (Å²) in [6.07, 6.45) is 1.49. The predicted octanol–water partition coefficient (Wildman–Crippen LogP) is 3.79. The van der Waals surface area contributed by atoms with E-state index in [1.54, 1.807) is 43.3 Å². The lowest BCUT2D eigenvalue weighted by molar-refractivity contribution is -0.140. The largest absolute Gasteiger partial charge is 0.507 e. The standard InChI is InChI=1S/C26H29NO7/c1-3-32-18-10-7-16(8-11-18)24(29)22-23(17-9-12-20(28)21(14-17)33-4-2)27(26(31)25(22)30)15-19-6-5-13-34-19/h7-12,14,19,23,28-29H,3-6,13,15H2,1-2H3/t19-,23-/m1/s1. The summed E-state index contributed by atoms with van der Waals surface area (Å²) < 4.78 is 16.7. The third-order valence-electron chi connectivity index (χ3n) is 6.00. The molecule has 4 rings (SSSR count). The molecule has 2 saturated heterocycles. The van der Waals surface area contributed by atoms with Crippen LogP contribution >= 0.6 is 0 Å². The quantitative estimate of drug-likeness (QED) is 0.346. The maximum absolute atomic E-state index is 13.2. The van der Waals surface area contributed by atoms with Crippen molar-refractivity contribution in [2.45, 2.75) is 38.8 Å². The SMILES string of the molecule is CCOc1ccc(C(O)=C2C(=O)C(=O)N(C[C@H]3CCCO3)[C@@H]2c2ccc(O)c(OCC)c2)cc1. The number of hydrogen-bond donors (Lipinski definition) is 2. The van der Waals surface area contributed by atoms with Crippen molar-refractivity contribution < 1.29 is 34.0 Å². The van der Waals surface area contributed by atoms with Gasteiger partial charge in [0.25, 0.3) is 11.7 Å². The lowest BCUT2D eigenvalue weighted by atomic mass is 9.94. The first-order valence-electron chi connectivity index (χ1n) is 11.5. The van der Waals surface area contributed by atoms with Gasteiger partial charge in [0, 0.05) is 18.7 Å². The number of Topliss-reactive ketones (excluding diaryl/α,β-unsaturated/α-hetero) is 1. The van der Waals surface area contributed by atoms with Gasteiger partial charge in [-0.25, -0.2) is 0 Å². The van der Waals surface area contributed by atoms with Crippen LogP contribution in [0.15, 0.2) is 48.0 Å². The zero-order valence-corrected chi connectivity index (χ0v) is 19.3. The second-order valence-electron chi connectivity index (χ2n) is 8.20. The fraction of sp³-hybridized carbons (Fsp3) is 0.385. The molecule has 2 fully saturated rings. The average Bonchev–Trinajstić information content (AvgIpc) is 3.43. The van der Waals surface area contributed by atoms with Crippen molar-refractivity contribution in [2.24, 2.45) is 0 Å². The topological polar surface area (TPSA) is 106 Å². The summed E-state index contributed by atoms with van der Waals surface area (Å²) in [4.78, 5) is 27.7. The Morgan fingerprint density at radius 1 is 1.09 bits per heavy atom. The minimum absolute atomic E-state index is 0.0136. The Kier molecular flexibility index (Phi) is 7.07. The van der Waals surface area contributed by atoms with E-state index in [9.17, 15) is 19.8 Å². The van der Waals surface area contributed by atoms with Crippen LogP contribution in [0.25, 0.3) is 5.76 Å². The normalized spacial score (nSPS) is 21.8. The molecule has 0 aliphatic carbocycles. The molecule has 0 spiro atoms. The van der Waals surface area contributed by atoms with Crippen LogP contribution in [0.5, 0.6) is 17.2 Å². The molecule has 2 aliphatic heterocycles. The molecule has 8 heteroatoms. The molecule has 2 aromatic carbocycles. The van der Waals surface area contributed by atoms with Gasteiger partial charge in [-0.15, -0.1) is 0 Å². The van der Waals surface area contributed by atoms with E-state index in [0.717, 1.165) is 12.8 Å². The number of benzene rings is 2. The Hall–Kier alpha value is -3.52. The van der Waals surface area contributed by atoms with E-state index in [1.807, 2.05) is 6.92 Å². The maximum atomic E-state index is 13.2. The van der Waals surface area contributed by atoms with Gasteiger partial charge in [-0.1, -0.05) is 6.07 Å². The first kappa shape index (κ1) is 23.6. The van der Waals surface area contributed by atoms with Gasteiger partial charge in [0.2, 0.25) is 0 Å². The highest BCUT2D eigenvalue weighted by molar-refractivity contribution is 6.46. The van der Waals surface area contributed by atoms with E-state index in [-0.39, 0.29) is 35.5 Å². The van der Waals surface area contributed by atoms with Gasteiger partial charge in [0.05, 0.1) is 30.9 Å². The zero-order chi connectivity index (χ0) is 24.2. The molecule has 0 bridgehead atoms. The number of carbonyl (C=O) groups is 2. The molecule has 8 nitrogen and oxygen atoms in total. The third kappa shape index (κ3) is 4.59. The smallest absolute Gasteiger partial charge is 0.295 e. The molecule has 2 aromatic rings. The van der Waals surface area contributed by atoms with E-state index < -0.39 is 17.7 Å². The van der Waals surface area contributed by atoms with Crippen LogP contribution in [-0.2, 0) is 14.3 Å². The Morgan fingerprint density at radius 2 is 1.82 bits per heavy atom. The number of aliphatic hydroxyl groups is 1. The highest BCUT2D eigenvalue weighted by Crippen LogP contribution is 2.42. The summed E-state index contributed by atoms with van der Waals surface area (Å²) in [6.45, 7) is 5.33. The van der Waals surface area contributed by atoms with Crippen molar-refractivity contribution in [1.82, 2.24) is 4.90 Å². The van der Waals surface area contributed by atoms with E-state index in [1.165, 1.54) is 11.0 Å². The number of aliphatic hydroxyl groups excluding tert-OH is 1. The molecule has 2 heterocycles. The third-order valence-corrected chi connectivity index (χ3v) is 6.00. The van der Waals surface area contributed by atoms with Crippen LogP contribution in [0.3, 0.4) is 0 Å². The summed E-state index contributed by atoms with van der Waals surface area (Å²) in [5.41, 5.74) is 0.929.